The SMILES string of the molecule is CC(Nc1ccc(OC2CCCC2)cc1)C(=O)NCc1ccc(F)cc1. The van der Waals surface area contributed by atoms with Crippen LogP contribution >= 0.6 is 0 Å². The number of carbonyl (C=O) groups excluding carboxylic acids is 1. The molecular weight excluding hydrogens is 331 g/mol. The second-order valence-electron chi connectivity index (χ2n) is 6.76. The Balaban J connectivity index is 1.46. The standard InChI is InChI=1S/C21H25FN2O2/c1-15(21(25)23-14-16-6-8-17(22)9-7-16)24-18-10-12-20(13-11-18)26-19-4-2-3-5-19/h6-13,15,19,24H,2-5,14H2,1H3,(H,23,25). The molecule has 0 saturated heterocycles. The summed E-state index contributed by atoms with van der Waals surface area (Å²) in [5.74, 6) is 0.479. The highest BCUT2D eigenvalue weighted by atomic mass is 19.1. The molecule has 1 aliphatic carbocycles. The van der Waals surface area contributed by atoms with Gasteiger partial charge in [0, 0.05) is 12.2 Å². The third-order valence-corrected chi connectivity index (χ3v) is 4.62. The van der Waals surface area contributed by atoms with Crippen LogP contribution in [0.5, 0.6) is 5.75 Å². The van der Waals surface area contributed by atoms with Gasteiger partial charge in [-0.15, -0.1) is 0 Å². The Bertz CT molecular complexity index is 710. The van der Waals surface area contributed by atoms with Crippen molar-refractivity contribution in [2.45, 2.75) is 51.3 Å². The monoisotopic (exact) mass is 356 g/mol. The fourth-order valence-electron chi connectivity index (χ4n) is 3.09. The minimum Gasteiger partial charge on any atom is -0.490 e. The second-order valence-corrected chi connectivity index (χ2v) is 6.76. The number of hydrogen-bond acceptors (Lipinski definition) is 3. The molecule has 3 rings (SSSR count). The molecule has 0 radical (unpaired) electrons. The first-order valence-corrected chi connectivity index (χ1v) is 9.15. The molecule has 1 atom stereocenters. The number of hydrogen-bond donors (Lipinski definition) is 2. The number of rotatable bonds is 7. The summed E-state index contributed by atoms with van der Waals surface area (Å²) in [5.41, 5.74) is 1.73. The number of ether oxygens (including phenoxy) is 1. The molecular formula is C21H25FN2O2. The van der Waals surface area contributed by atoms with Gasteiger partial charge in [0.2, 0.25) is 5.91 Å². The van der Waals surface area contributed by atoms with E-state index < -0.39 is 0 Å². The van der Waals surface area contributed by atoms with Crippen molar-refractivity contribution >= 4 is 11.6 Å². The summed E-state index contributed by atoms with van der Waals surface area (Å²) in [5, 5.41) is 6.03. The van der Waals surface area contributed by atoms with Crippen molar-refractivity contribution < 1.29 is 13.9 Å². The topological polar surface area (TPSA) is 50.4 Å². The van der Waals surface area contributed by atoms with Crippen LogP contribution in [0.2, 0.25) is 0 Å². The summed E-state index contributed by atoms with van der Waals surface area (Å²) >= 11 is 0. The maximum atomic E-state index is 12.9. The van der Waals surface area contributed by atoms with Crippen molar-refractivity contribution in [3.05, 3.63) is 59.9 Å². The zero-order valence-electron chi connectivity index (χ0n) is 15.0. The van der Waals surface area contributed by atoms with Crippen LogP contribution in [0.4, 0.5) is 10.1 Å². The highest BCUT2D eigenvalue weighted by molar-refractivity contribution is 5.84. The Morgan fingerprint density at radius 2 is 1.77 bits per heavy atom. The van der Waals surface area contributed by atoms with Crippen molar-refractivity contribution in [2.24, 2.45) is 0 Å². The first-order valence-electron chi connectivity index (χ1n) is 9.15. The molecule has 1 saturated carbocycles. The van der Waals surface area contributed by atoms with E-state index in [4.69, 9.17) is 4.74 Å². The van der Waals surface area contributed by atoms with Gasteiger partial charge in [0.15, 0.2) is 0 Å². The Labute approximate surface area is 153 Å². The first-order chi connectivity index (χ1) is 12.6. The van der Waals surface area contributed by atoms with Crippen LogP contribution in [0.1, 0.15) is 38.2 Å². The van der Waals surface area contributed by atoms with Gasteiger partial charge < -0.3 is 15.4 Å². The van der Waals surface area contributed by atoms with Crippen LogP contribution in [0.3, 0.4) is 0 Å². The van der Waals surface area contributed by atoms with Crippen LogP contribution in [0.15, 0.2) is 48.5 Å². The Kier molecular flexibility index (Phi) is 6.10. The zero-order chi connectivity index (χ0) is 18.4. The molecule has 2 aromatic rings. The summed E-state index contributed by atoms with van der Waals surface area (Å²) in [6, 6.07) is 13.4. The van der Waals surface area contributed by atoms with E-state index in [1.165, 1.54) is 25.0 Å². The maximum absolute atomic E-state index is 12.9. The Hall–Kier alpha value is -2.56. The molecule has 4 nitrogen and oxygen atoms in total. The predicted molar refractivity (Wildman–Crippen MR) is 101 cm³/mol. The fourth-order valence-corrected chi connectivity index (χ4v) is 3.09. The van der Waals surface area contributed by atoms with Crippen molar-refractivity contribution in [1.82, 2.24) is 5.32 Å². The minimum absolute atomic E-state index is 0.111. The normalized spacial score (nSPS) is 15.5. The fraction of sp³-hybridized carbons (Fsp3) is 0.381. The summed E-state index contributed by atoms with van der Waals surface area (Å²) < 4.78 is 18.8. The van der Waals surface area contributed by atoms with E-state index >= 15 is 0 Å². The average molecular weight is 356 g/mol. The van der Waals surface area contributed by atoms with Gasteiger partial charge in [-0.2, -0.15) is 0 Å². The van der Waals surface area contributed by atoms with E-state index in [9.17, 15) is 9.18 Å². The van der Waals surface area contributed by atoms with Gasteiger partial charge in [-0.1, -0.05) is 12.1 Å². The zero-order valence-corrected chi connectivity index (χ0v) is 15.0. The van der Waals surface area contributed by atoms with Gasteiger partial charge >= 0.3 is 0 Å². The second kappa shape index (κ2) is 8.70. The Morgan fingerprint density at radius 3 is 2.42 bits per heavy atom. The quantitative estimate of drug-likeness (QED) is 0.779. The third-order valence-electron chi connectivity index (χ3n) is 4.62. The molecule has 138 valence electrons. The number of anilines is 1. The number of halogens is 1. The molecule has 0 aliphatic heterocycles. The lowest BCUT2D eigenvalue weighted by Gasteiger charge is -2.17. The van der Waals surface area contributed by atoms with E-state index in [-0.39, 0.29) is 17.8 Å². The molecule has 1 aliphatic rings. The number of carbonyl (C=O) groups is 1. The van der Waals surface area contributed by atoms with Gasteiger partial charge in [-0.3, -0.25) is 4.79 Å². The van der Waals surface area contributed by atoms with Crippen LogP contribution in [0.25, 0.3) is 0 Å². The lowest BCUT2D eigenvalue weighted by Crippen LogP contribution is -2.37. The summed E-state index contributed by atoms with van der Waals surface area (Å²) in [6.07, 6.45) is 5.09. The molecule has 0 spiro atoms. The summed E-state index contributed by atoms with van der Waals surface area (Å²) in [7, 11) is 0. The van der Waals surface area contributed by atoms with Crippen molar-refractivity contribution in [3.8, 4) is 5.75 Å². The van der Waals surface area contributed by atoms with Crippen LogP contribution in [0, 0.1) is 5.82 Å². The molecule has 2 N–H and O–H groups in total. The molecule has 0 bridgehead atoms. The van der Waals surface area contributed by atoms with Gasteiger partial charge in [0.25, 0.3) is 0 Å². The first kappa shape index (κ1) is 18.2. The van der Waals surface area contributed by atoms with Gasteiger partial charge in [0.05, 0.1) is 6.10 Å². The van der Waals surface area contributed by atoms with Crippen LogP contribution < -0.4 is 15.4 Å². The van der Waals surface area contributed by atoms with E-state index in [1.54, 1.807) is 12.1 Å². The van der Waals surface area contributed by atoms with Crippen molar-refractivity contribution in [1.29, 1.82) is 0 Å². The molecule has 0 heterocycles. The molecule has 1 fully saturated rings. The molecule has 1 unspecified atom stereocenters. The summed E-state index contributed by atoms with van der Waals surface area (Å²) in [6.45, 7) is 2.18. The van der Waals surface area contributed by atoms with Crippen molar-refractivity contribution in [3.63, 3.8) is 0 Å². The van der Waals surface area contributed by atoms with Crippen LogP contribution in [-0.2, 0) is 11.3 Å². The van der Waals surface area contributed by atoms with Crippen molar-refractivity contribution in [2.75, 3.05) is 5.32 Å². The van der Waals surface area contributed by atoms with Gasteiger partial charge in [-0.05, 0) is 74.6 Å². The average Bonchev–Trinajstić information content (AvgIpc) is 3.15. The molecule has 26 heavy (non-hydrogen) atoms. The number of amides is 1. The molecule has 5 heteroatoms. The third kappa shape index (κ3) is 5.22. The maximum Gasteiger partial charge on any atom is 0.242 e. The van der Waals surface area contributed by atoms with Gasteiger partial charge in [0.1, 0.15) is 17.6 Å². The number of benzene rings is 2. The molecule has 1 amide bonds. The largest absolute Gasteiger partial charge is 0.490 e. The highest BCUT2D eigenvalue weighted by Gasteiger charge is 2.16. The lowest BCUT2D eigenvalue weighted by molar-refractivity contribution is -0.121. The highest BCUT2D eigenvalue weighted by Crippen LogP contribution is 2.25. The predicted octanol–water partition coefficient (Wildman–Crippen LogP) is 4.26. The minimum atomic E-state index is -0.378. The number of nitrogens with one attached hydrogen (secondary N) is 2. The van der Waals surface area contributed by atoms with Gasteiger partial charge in [-0.25, -0.2) is 4.39 Å². The smallest absolute Gasteiger partial charge is 0.242 e. The van der Waals surface area contributed by atoms with E-state index in [0.717, 1.165) is 29.8 Å². The lowest BCUT2D eigenvalue weighted by atomic mass is 10.2. The summed E-state index contributed by atoms with van der Waals surface area (Å²) in [4.78, 5) is 12.2. The molecule has 2 aromatic carbocycles. The Morgan fingerprint density at radius 1 is 1.12 bits per heavy atom. The molecule has 0 aromatic heterocycles. The van der Waals surface area contributed by atoms with E-state index in [1.807, 2.05) is 31.2 Å². The van der Waals surface area contributed by atoms with E-state index in [0.29, 0.717) is 12.6 Å². The van der Waals surface area contributed by atoms with Crippen LogP contribution in [-0.4, -0.2) is 18.1 Å². The van der Waals surface area contributed by atoms with E-state index in [2.05, 4.69) is 10.6 Å².